The Morgan fingerprint density at radius 3 is 2.69 bits per heavy atom. The topological polar surface area (TPSA) is 45.7 Å². The number of amides is 1. The normalized spacial score (nSPS) is 21.0. The minimum atomic E-state index is 0.178. The van der Waals surface area contributed by atoms with Crippen LogP contribution in [-0.2, 0) is 4.74 Å². The molecule has 1 amide bonds. The van der Waals surface area contributed by atoms with Crippen molar-refractivity contribution >= 4 is 22.2 Å². The van der Waals surface area contributed by atoms with Crippen LogP contribution in [0.1, 0.15) is 35.9 Å². The highest BCUT2D eigenvalue weighted by atomic mass is 32.1. The van der Waals surface area contributed by atoms with Crippen molar-refractivity contribution in [3.8, 4) is 11.1 Å². The van der Waals surface area contributed by atoms with E-state index in [2.05, 4.69) is 27.8 Å². The summed E-state index contributed by atoms with van der Waals surface area (Å²) in [5.74, 6) is 0.178. The molecule has 2 aliphatic rings. The van der Waals surface area contributed by atoms with E-state index < -0.39 is 0 Å². The molecule has 0 aromatic carbocycles. The maximum absolute atomic E-state index is 13.2. The number of anilines is 1. The predicted molar refractivity (Wildman–Crippen MR) is 105 cm³/mol. The number of hydrogen-bond acceptors (Lipinski definition) is 5. The average molecular weight is 372 g/mol. The SMILES string of the molecule is CC1CCCCN1C(=O)c1cc(-c2ccncc2)c(N2CCOCC2)s1. The van der Waals surface area contributed by atoms with Crippen LogP contribution in [0.5, 0.6) is 0 Å². The molecular formula is C20H25N3O2S. The second-order valence-corrected chi connectivity index (χ2v) is 8.04. The minimum Gasteiger partial charge on any atom is -0.378 e. The van der Waals surface area contributed by atoms with E-state index in [0.29, 0.717) is 6.04 Å². The number of carbonyl (C=O) groups excluding carboxylic acids is 1. The maximum atomic E-state index is 13.2. The van der Waals surface area contributed by atoms with E-state index in [9.17, 15) is 4.79 Å². The van der Waals surface area contributed by atoms with Crippen molar-refractivity contribution in [1.29, 1.82) is 0 Å². The summed E-state index contributed by atoms with van der Waals surface area (Å²) in [4.78, 5) is 22.5. The Morgan fingerprint density at radius 1 is 1.19 bits per heavy atom. The molecule has 1 atom stereocenters. The third-order valence-electron chi connectivity index (χ3n) is 5.28. The maximum Gasteiger partial charge on any atom is 0.264 e. The van der Waals surface area contributed by atoms with Crippen LogP contribution in [0.25, 0.3) is 11.1 Å². The molecule has 2 saturated heterocycles. The van der Waals surface area contributed by atoms with Gasteiger partial charge in [0.25, 0.3) is 5.91 Å². The Morgan fingerprint density at radius 2 is 1.96 bits per heavy atom. The lowest BCUT2D eigenvalue weighted by Crippen LogP contribution is -2.41. The number of thiophene rings is 1. The van der Waals surface area contributed by atoms with Crippen LogP contribution in [0, 0.1) is 0 Å². The summed E-state index contributed by atoms with van der Waals surface area (Å²) in [5.41, 5.74) is 2.25. The number of carbonyl (C=O) groups is 1. The Hall–Kier alpha value is -1.92. The van der Waals surface area contributed by atoms with Crippen molar-refractivity contribution < 1.29 is 9.53 Å². The fraction of sp³-hybridized carbons (Fsp3) is 0.500. The molecule has 26 heavy (non-hydrogen) atoms. The Balaban J connectivity index is 1.69. The molecule has 0 radical (unpaired) electrons. The third kappa shape index (κ3) is 3.48. The molecule has 2 aliphatic heterocycles. The van der Waals surface area contributed by atoms with E-state index in [-0.39, 0.29) is 5.91 Å². The van der Waals surface area contributed by atoms with E-state index in [1.165, 1.54) is 11.4 Å². The summed E-state index contributed by atoms with van der Waals surface area (Å²) in [6, 6.07) is 6.44. The van der Waals surface area contributed by atoms with Gasteiger partial charge in [-0.15, -0.1) is 11.3 Å². The van der Waals surface area contributed by atoms with Crippen molar-refractivity contribution in [2.75, 3.05) is 37.7 Å². The van der Waals surface area contributed by atoms with Crippen molar-refractivity contribution in [1.82, 2.24) is 9.88 Å². The fourth-order valence-electron chi connectivity index (χ4n) is 3.77. The zero-order valence-electron chi connectivity index (χ0n) is 15.2. The zero-order valence-corrected chi connectivity index (χ0v) is 16.0. The van der Waals surface area contributed by atoms with E-state index in [0.717, 1.165) is 61.7 Å². The first-order valence-corrected chi connectivity index (χ1v) is 10.2. The average Bonchev–Trinajstić information content (AvgIpc) is 3.15. The molecule has 2 aromatic heterocycles. The van der Waals surface area contributed by atoms with Crippen LogP contribution < -0.4 is 4.90 Å². The molecule has 1 unspecified atom stereocenters. The van der Waals surface area contributed by atoms with Crippen molar-refractivity contribution in [3.05, 3.63) is 35.5 Å². The molecule has 0 aliphatic carbocycles. The van der Waals surface area contributed by atoms with Gasteiger partial charge in [0.2, 0.25) is 0 Å². The molecule has 4 rings (SSSR count). The van der Waals surface area contributed by atoms with Crippen LogP contribution in [0.15, 0.2) is 30.6 Å². The summed E-state index contributed by atoms with van der Waals surface area (Å²) in [7, 11) is 0. The van der Waals surface area contributed by atoms with E-state index in [4.69, 9.17) is 4.74 Å². The highest BCUT2D eigenvalue weighted by molar-refractivity contribution is 7.18. The highest BCUT2D eigenvalue weighted by Gasteiger charge is 2.28. The van der Waals surface area contributed by atoms with Gasteiger partial charge in [-0.25, -0.2) is 0 Å². The molecule has 2 aromatic rings. The Kier molecular flexibility index (Phi) is 5.22. The zero-order chi connectivity index (χ0) is 17.9. The van der Waals surface area contributed by atoms with Gasteiger partial charge in [-0.05, 0) is 49.9 Å². The first-order valence-electron chi connectivity index (χ1n) is 9.42. The molecule has 4 heterocycles. The van der Waals surface area contributed by atoms with E-state index in [1.807, 2.05) is 24.5 Å². The van der Waals surface area contributed by atoms with Gasteiger partial charge < -0.3 is 14.5 Å². The molecule has 0 bridgehead atoms. The Labute approximate surface area is 158 Å². The molecular weight excluding hydrogens is 346 g/mol. The molecule has 0 saturated carbocycles. The Bertz CT molecular complexity index is 756. The van der Waals surface area contributed by atoms with Crippen LogP contribution >= 0.6 is 11.3 Å². The van der Waals surface area contributed by atoms with E-state index in [1.54, 1.807) is 11.3 Å². The molecule has 5 nitrogen and oxygen atoms in total. The number of piperidine rings is 1. The summed E-state index contributed by atoms with van der Waals surface area (Å²) >= 11 is 1.62. The quantitative estimate of drug-likeness (QED) is 0.826. The lowest BCUT2D eigenvalue weighted by Gasteiger charge is -2.33. The number of morpholine rings is 1. The first-order chi connectivity index (χ1) is 12.7. The number of likely N-dealkylation sites (tertiary alicyclic amines) is 1. The molecule has 138 valence electrons. The van der Waals surface area contributed by atoms with Gasteiger partial charge in [0.1, 0.15) is 0 Å². The minimum absolute atomic E-state index is 0.178. The van der Waals surface area contributed by atoms with E-state index >= 15 is 0 Å². The van der Waals surface area contributed by atoms with Crippen LogP contribution in [-0.4, -0.2) is 54.7 Å². The van der Waals surface area contributed by atoms with Crippen LogP contribution in [0.4, 0.5) is 5.00 Å². The third-order valence-corrected chi connectivity index (χ3v) is 6.46. The van der Waals surface area contributed by atoms with Crippen molar-refractivity contribution in [3.63, 3.8) is 0 Å². The second-order valence-electron chi connectivity index (χ2n) is 7.01. The number of pyridine rings is 1. The first kappa shape index (κ1) is 17.5. The lowest BCUT2D eigenvalue weighted by molar-refractivity contribution is 0.0640. The van der Waals surface area contributed by atoms with Crippen LogP contribution in [0.2, 0.25) is 0 Å². The smallest absolute Gasteiger partial charge is 0.264 e. The van der Waals surface area contributed by atoms with Gasteiger partial charge in [-0.3, -0.25) is 9.78 Å². The number of hydrogen-bond donors (Lipinski definition) is 0. The standard InChI is InChI=1S/C20H25N3O2S/c1-15-4-2-3-9-23(15)19(24)18-14-17(16-5-7-21-8-6-16)20(26-18)22-10-12-25-13-11-22/h5-8,14-15H,2-4,9-13H2,1H3. The largest absolute Gasteiger partial charge is 0.378 e. The summed E-state index contributed by atoms with van der Waals surface area (Å²) in [5, 5.41) is 1.17. The molecule has 0 spiro atoms. The van der Waals surface area contributed by atoms with Crippen LogP contribution in [0.3, 0.4) is 0 Å². The van der Waals surface area contributed by atoms with Crippen molar-refractivity contribution in [2.24, 2.45) is 0 Å². The summed E-state index contributed by atoms with van der Waals surface area (Å²) in [6.45, 7) is 6.24. The summed E-state index contributed by atoms with van der Waals surface area (Å²) < 4.78 is 5.51. The second kappa shape index (κ2) is 7.76. The van der Waals surface area contributed by atoms with Gasteiger partial charge in [0, 0.05) is 43.6 Å². The number of rotatable bonds is 3. The monoisotopic (exact) mass is 371 g/mol. The van der Waals surface area contributed by atoms with Gasteiger partial charge in [0.15, 0.2) is 0 Å². The molecule has 0 N–H and O–H groups in total. The van der Waals surface area contributed by atoms with Crippen molar-refractivity contribution in [2.45, 2.75) is 32.2 Å². The molecule has 6 heteroatoms. The van der Waals surface area contributed by atoms with Gasteiger partial charge >= 0.3 is 0 Å². The lowest BCUT2D eigenvalue weighted by atomic mass is 10.0. The van der Waals surface area contributed by atoms with Gasteiger partial charge in [-0.2, -0.15) is 0 Å². The number of nitrogens with zero attached hydrogens (tertiary/aromatic N) is 3. The predicted octanol–water partition coefficient (Wildman–Crippen LogP) is 3.66. The highest BCUT2D eigenvalue weighted by Crippen LogP contribution is 2.40. The number of aromatic nitrogens is 1. The number of ether oxygens (including phenoxy) is 1. The van der Waals surface area contributed by atoms with Gasteiger partial charge in [0.05, 0.1) is 23.1 Å². The van der Waals surface area contributed by atoms with Gasteiger partial charge in [-0.1, -0.05) is 0 Å². The fourth-order valence-corrected chi connectivity index (χ4v) is 4.96. The molecule has 2 fully saturated rings. The summed E-state index contributed by atoms with van der Waals surface area (Å²) in [6.07, 6.45) is 7.05.